The zero-order valence-corrected chi connectivity index (χ0v) is 10.1. The summed E-state index contributed by atoms with van der Waals surface area (Å²) in [5.41, 5.74) is 3.30. The SMILES string of the molecule is CC1(c2cccc(C3CCC3)c2)CCCN1. The summed E-state index contributed by atoms with van der Waals surface area (Å²) in [5, 5.41) is 3.65. The molecule has 86 valence electrons. The molecule has 1 saturated heterocycles. The Bertz CT molecular complexity index is 373. The van der Waals surface area contributed by atoms with E-state index in [0.29, 0.717) is 0 Å². The molecule has 2 fully saturated rings. The first-order chi connectivity index (χ1) is 7.78. The van der Waals surface area contributed by atoms with Gasteiger partial charge in [0.05, 0.1) is 0 Å². The smallest absolute Gasteiger partial charge is 0.0406 e. The van der Waals surface area contributed by atoms with Crippen molar-refractivity contribution in [3.05, 3.63) is 35.4 Å². The third-order valence-electron chi connectivity index (χ3n) is 4.47. The van der Waals surface area contributed by atoms with Crippen molar-refractivity contribution in [1.82, 2.24) is 5.32 Å². The molecule has 0 spiro atoms. The van der Waals surface area contributed by atoms with Crippen molar-refractivity contribution >= 4 is 0 Å². The summed E-state index contributed by atoms with van der Waals surface area (Å²) in [6, 6.07) is 9.29. The van der Waals surface area contributed by atoms with Crippen LogP contribution in [0.3, 0.4) is 0 Å². The summed E-state index contributed by atoms with van der Waals surface area (Å²) in [5.74, 6) is 0.852. The van der Waals surface area contributed by atoms with Gasteiger partial charge in [0, 0.05) is 5.54 Å². The molecule has 1 aliphatic carbocycles. The highest BCUT2D eigenvalue weighted by atomic mass is 15.0. The standard InChI is InChI=1S/C15H21N/c1-15(9-4-10-16-15)14-8-3-7-13(11-14)12-5-2-6-12/h3,7-8,11-12,16H,2,4-6,9-10H2,1H3. The van der Waals surface area contributed by atoms with Gasteiger partial charge in [-0.05, 0) is 56.2 Å². The van der Waals surface area contributed by atoms with Gasteiger partial charge in [0.1, 0.15) is 0 Å². The zero-order valence-electron chi connectivity index (χ0n) is 10.1. The lowest BCUT2D eigenvalue weighted by Gasteiger charge is -2.29. The molecule has 1 atom stereocenters. The van der Waals surface area contributed by atoms with E-state index in [4.69, 9.17) is 0 Å². The van der Waals surface area contributed by atoms with Crippen LogP contribution in [-0.2, 0) is 5.54 Å². The molecule has 1 unspecified atom stereocenters. The summed E-state index contributed by atoms with van der Waals surface area (Å²) in [6.45, 7) is 3.52. The van der Waals surface area contributed by atoms with Crippen molar-refractivity contribution in [2.45, 2.75) is 50.5 Å². The van der Waals surface area contributed by atoms with Crippen LogP contribution < -0.4 is 5.32 Å². The minimum absolute atomic E-state index is 0.236. The first-order valence-corrected chi connectivity index (χ1v) is 6.63. The van der Waals surface area contributed by atoms with Crippen LogP contribution in [0.25, 0.3) is 0 Å². The van der Waals surface area contributed by atoms with Crippen LogP contribution in [0, 0.1) is 0 Å². The second-order valence-corrected chi connectivity index (χ2v) is 5.62. The first kappa shape index (κ1) is 10.3. The summed E-state index contributed by atoms with van der Waals surface area (Å²) in [4.78, 5) is 0. The highest BCUT2D eigenvalue weighted by Crippen LogP contribution is 2.38. The Kier molecular flexibility index (Phi) is 2.51. The lowest BCUT2D eigenvalue weighted by Crippen LogP contribution is -2.33. The lowest BCUT2D eigenvalue weighted by molar-refractivity contribution is 0.412. The van der Waals surface area contributed by atoms with E-state index < -0.39 is 0 Å². The van der Waals surface area contributed by atoms with Crippen molar-refractivity contribution in [3.8, 4) is 0 Å². The predicted octanol–water partition coefficient (Wildman–Crippen LogP) is 3.55. The van der Waals surface area contributed by atoms with Gasteiger partial charge in [-0.3, -0.25) is 0 Å². The zero-order chi connectivity index (χ0) is 11.0. The Balaban J connectivity index is 1.89. The highest BCUT2D eigenvalue weighted by Gasteiger charge is 2.30. The van der Waals surface area contributed by atoms with Gasteiger partial charge in [0.15, 0.2) is 0 Å². The molecule has 1 N–H and O–H groups in total. The molecule has 1 saturated carbocycles. The second kappa shape index (κ2) is 3.89. The Labute approximate surface area is 98.3 Å². The van der Waals surface area contributed by atoms with Crippen LogP contribution in [0.5, 0.6) is 0 Å². The third-order valence-corrected chi connectivity index (χ3v) is 4.47. The largest absolute Gasteiger partial charge is 0.308 e. The van der Waals surface area contributed by atoms with Crippen LogP contribution >= 0.6 is 0 Å². The van der Waals surface area contributed by atoms with Gasteiger partial charge in [-0.2, -0.15) is 0 Å². The van der Waals surface area contributed by atoms with E-state index >= 15 is 0 Å². The van der Waals surface area contributed by atoms with E-state index in [1.165, 1.54) is 44.2 Å². The van der Waals surface area contributed by atoms with Crippen LogP contribution in [-0.4, -0.2) is 6.54 Å². The Morgan fingerprint density at radius 3 is 2.75 bits per heavy atom. The Morgan fingerprint density at radius 1 is 1.25 bits per heavy atom. The molecule has 0 radical (unpaired) electrons. The molecule has 1 heterocycles. The molecule has 0 amide bonds. The molecule has 16 heavy (non-hydrogen) atoms. The first-order valence-electron chi connectivity index (χ1n) is 6.63. The van der Waals surface area contributed by atoms with Crippen LogP contribution in [0.15, 0.2) is 24.3 Å². The molecule has 1 heteroatoms. The topological polar surface area (TPSA) is 12.0 Å². The number of hydrogen-bond donors (Lipinski definition) is 1. The minimum Gasteiger partial charge on any atom is -0.308 e. The molecule has 0 bridgehead atoms. The normalized spacial score (nSPS) is 30.3. The predicted molar refractivity (Wildman–Crippen MR) is 67.6 cm³/mol. The Hall–Kier alpha value is -0.820. The summed E-state index contributed by atoms with van der Waals surface area (Å²) >= 11 is 0. The number of nitrogens with one attached hydrogen (secondary N) is 1. The van der Waals surface area contributed by atoms with Gasteiger partial charge < -0.3 is 5.32 Å². The summed E-state index contributed by atoms with van der Waals surface area (Å²) in [7, 11) is 0. The Morgan fingerprint density at radius 2 is 2.12 bits per heavy atom. The molecule has 0 aromatic heterocycles. The maximum absolute atomic E-state index is 3.65. The number of benzene rings is 1. The molecule has 3 rings (SSSR count). The van der Waals surface area contributed by atoms with E-state index in [0.717, 1.165) is 5.92 Å². The van der Waals surface area contributed by atoms with Gasteiger partial charge in [0.2, 0.25) is 0 Å². The van der Waals surface area contributed by atoms with Crippen molar-refractivity contribution in [2.24, 2.45) is 0 Å². The van der Waals surface area contributed by atoms with Crippen LogP contribution in [0.1, 0.15) is 56.1 Å². The quantitative estimate of drug-likeness (QED) is 0.795. The lowest BCUT2D eigenvalue weighted by atomic mass is 9.78. The van der Waals surface area contributed by atoms with E-state index in [2.05, 4.69) is 36.5 Å². The monoisotopic (exact) mass is 215 g/mol. The average molecular weight is 215 g/mol. The van der Waals surface area contributed by atoms with E-state index in [-0.39, 0.29) is 5.54 Å². The molecule has 1 nitrogen and oxygen atoms in total. The average Bonchev–Trinajstić information content (AvgIpc) is 2.65. The maximum atomic E-state index is 3.65. The molecular formula is C15H21N. The molecule has 1 aromatic carbocycles. The molecule has 1 aromatic rings. The summed E-state index contributed by atoms with van der Waals surface area (Å²) < 4.78 is 0. The molecule has 2 aliphatic rings. The van der Waals surface area contributed by atoms with Crippen LogP contribution in [0.2, 0.25) is 0 Å². The van der Waals surface area contributed by atoms with E-state index in [1.54, 1.807) is 5.56 Å². The van der Waals surface area contributed by atoms with Gasteiger partial charge in [-0.25, -0.2) is 0 Å². The molecular weight excluding hydrogens is 194 g/mol. The van der Waals surface area contributed by atoms with Gasteiger partial charge in [0.25, 0.3) is 0 Å². The number of hydrogen-bond acceptors (Lipinski definition) is 1. The van der Waals surface area contributed by atoms with Gasteiger partial charge in [-0.1, -0.05) is 30.7 Å². The highest BCUT2D eigenvalue weighted by molar-refractivity contribution is 5.32. The maximum Gasteiger partial charge on any atom is 0.0406 e. The fraction of sp³-hybridized carbons (Fsp3) is 0.600. The van der Waals surface area contributed by atoms with Crippen molar-refractivity contribution in [2.75, 3.05) is 6.54 Å². The van der Waals surface area contributed by atoms with Gasteiger partial charge >= 0.3 is 0 Å². The fourth-order valence-electron chi connectivity index (χ4n) is 3.02. The number of rotatable bonds is 2. The van der Waals surface area contributed by atoms with Crippen molar-refractivity contribution < 1.29 is 0 Å². The third kappa shape index (κ3) is 1.67. The molecule has 1 aliphatic heterocycles. The summed E-state index contributed by atoms with van der Waals surface area (Å²) in [6.07, 6.45) is 6.80. The van der Waals surface area contributed by atoms with Crippen LogP contribution in [0.4, 0.5) is 0 Å². The van der Waals surface area contributed by atoms with Crippen molar-refractivity contribution in [1.29, 1.82) is 0 Å². The van der Waals surface area contributed by atoms with Crippen molar-refractivity contribution in [3.63, 3.8) is 0 Å². The second-order valence-electron chi connectivity index (χ2n) is 5.62. The van der Waals surface area contributed by atoms with Gasteiger partial charge in [-0.15, -0.1) is 0 Å². The minimum atomic E-state index is 0.236. The van der Waals surface area contributed by atoms with E-state index in [9.17, 15) is 0 Å². The fourth-order valence-corrected chi connectivity index (χ4v) is 3.02. The van der Waals surface area contributed by atoms with E-state index in [1.807, 2.05) is 0 Å².